The number of hydrogen-bond donors (Lipinski definition) is 2. The lowest BCUT2D eigenvalue weighted by atomic mass is 10.0. The molecule has 0 radical (unpaired) electrons. The van der Waals surface area contributed by atoms with Crippen LogP contribution in [0.25, 0.3) is 0 Å². The molecular weight excluding hydrogens is 224 g/mol. The molecule has 3 unspecified atom stereocenters. The van der Waals surface area contributed by atoms with E-state index in [1.165, 1.54) is 0 Å². The zero-order valence-corrected chi connectivity index (χ0v) is 10.7. The summed E-state index contributed by atoms with van der Waals surface area (Å²) < 4.78 is 26.6. The van der Waals surface area contributed by atoms with Crippen molar-refractivity contribution in [2.45, 2.75) is 38.6 Å². The lowest BCUT2D eigenvalue weighted by Gasteiger charge is -2.22. The fourth-order valence-electron chi connectivity index (χ4n) is 2.50. The van der Waals surface area contributed by atoms with Gasteiger partial charge in [0.05, 0.1) is 5.75 Å². The second-order valence-electron chi connectivity index (χ2n) is 5.12. The minimum atomic E-state index is -3.05. The van der Waals surface area contributed by atoms with E-state index in [0.29, 0.717) is 17.6 Å². The molecule has 1 heterocycles. The van der Waals surface area contributed by atoms with Crippen molar-refractivity contribution >= 4 is 10.0 Å². The molecule has 16 heavy (non-hydrogen) atoms. The first kappa shape index (κ1) is 12.3. The first-order chi connectivity index (χ1) is 7.61. The highest BCUT2D eigenvalue weighted by Crippen LogP contribution is 2.33. The van der Waals surface area contributed by atoms with Crippen LogP contribution >= 0.6 is 0 Å². The Morgan fingerprint density at radius 3 is 2.81 bits per heavy atom. The summed E-state index contributed by atoms with van der Waals surface area (Å²) in [5.41, 5.74) is 0. The molecule has 2 N–H and O–H groups in total. The van der Waals surface area contributed by atoms with Crippen LogP contribution in [0.5, 0.6) is 0 Å². The monoisotopic (exact) mass is 246 g/mol. The average Bonchev–Trinajstić information content (AvgIpc) is 2.96. The molecule has 4 nitrogen and oxygen atoms in total. The summed E-state index contributed by atoms with van der Waals surface area (Å²) in [7, 11) is -3.05. The van der Waals surface area contributed by atoms with Crippen LogP contribution in [0.1, 0.15) is 32.6 Å². The van der Waals surface area contributed by atoms with Gasteiger partial charge < -0.3 is 5.32 Å². The number of hydrogen-bond acceptors (Lipinski definition) is 3. The van der Waals surface area contributed by atoms with Gasteiger partial charge in [-0.3, -0.25) is 0 Å². The topological polar surface area (TPSA) is 58.2 Å². The smallest absolute Gasteiger partial charge is 0.212 e. The van der Waals surface area contributed by atoms with Crippen molar-refractivity contribution in [2.75, 3.05) is 18.8 Å². The first-order valence-electron chi connectivity index (χ1n) is 6.31. The average molecular weight is 246 g/mol. The molecule has 1 aliphatic carbocycles. The van der Waals surface area contributed by atoms with Gasteiger partial charge in [-0.25, -0.2) is 13.1 Å². The summed E-state index contributed by atoms with van der Waals surface area (Å²) in [5.74, 6) is 1.18. The van der Waals surface area contributed by atoms with E-state index in [1.54, 1.807) is 0 Å². The number of piperidine rings is 1. The molecule has 0 aromatic heterocycles. The Balaban J connectivity index is 1.78. The summed E-state index contributed by atoms with van der Waals surface area (Å²) >= 11 is 0. The van der Waals surface area contributed by atoms with Gasteiger partial charge in [-0.05, 0) is 44.2 Å². The van der Waals surface area contributed by atoms with Crippen molar-refractivity contribution in [1.29, 1.82) is 0 Å². The number of nitrogens with one attached hydrogen (secondary N) is 2. The van der Waals surface area contributed by atoms with Crippen LogP contribution in [0.15, 0.2) is 0 Å². The molecule has 94 valence electrons. The van der Waals surface area contributed by atoms with E-state index >= 15 is 0 Å². The van der Waals surface area contributed by atoms with Crippen LogP contribution in [0.2, 0.25) is 0 Å². The molecule has 2 aliphatic rings. The van der Waals surface area contributed by atoms with Crippen LogP contribution in [0.3, 0.4) is 0 Å². The van der Waals surface area contributed by atoms with Gasteiger partial charge in [0.1, 0.15) is 0 Å². The number of sulfonamides is 1. The number of rotatable bonds is 5. The molecule has 3 atom stereocenters. The summed E-state index contributed by atoms with van der Waals surface area (Å²) in [6.07, 6.45) is 4.24. The third-order valence-corrected chi connectivity index (χ3v) is 5.20. The maximum atomic E-state index is 11.9. The molecule has 5 heteroatoms. The van der Waals surface area contributed by atoms with E-state index in [-0.39, 0.29) is 6.04 Å². The van der Waals surface area contributed by atoms with Gasteiger partial charge in [-0.15, -0.1) is 0 Å². The molecular formula is C11H22N2O2S. The Kier molecular flexibility index (Phi) is 3.87. The highest BCUT2D eigenvalue weighted by atomic mass is 32.2. The van der Waals surface area contributed by atoms with Crippen molar-refractivity contribution in [3.05, 3.63) is 0 Å². The van der Waals surface area contributed by atoms with Gasteiger partial charge in [-0.1, -0.05) is 13.3 Å². The predicted molar refractivity (Wildman–Crippen MR) is 64.7 cm³/mol. The molecule has 0 amide bonds. The SMILES string of the molecule is CCC1CC1NS(=O)(=O)CC1CCCNC1. The predicted octanol–water partition coefficient (Wildman–Crippen LogP) is 0.704. The van der Waals surface area contributed by atoms with E-state index in [2.05, 4.69) is 17.0 Å². The molecule has 0 bridgehead atoms. The van der Waals surface area contributed by atoms with Crippen molar-refractivity contribution in [1.82, 2.24) is 10.0 Å². The Morgan fingerprint density at radius 2 is 2.25 bits per heavy atom. The summed E-state index contributed by atoms with van der Waals surface area (Å²) in [6, 6.07) is 0.228. The van der Waals surface area contributed by atoms with Gasteiger partial charge in [0.15, 0.2) is 0 Å². The maximum Gasteiger partial charge on any atom is 0.212 e. The third kappa shape index (κ3) is 3.43. The highest BCUT2D eigenvalue weighted by molar-refractivity contribution is 7.89. The fraction of sp³-hybridized carbons (Fsp3) is 1.00. The zero-order chi connectivity index (χ0) is 11.6. The van der Waals surface area contributed by atoms with Gasteiger partial charge in [-0.2, -0.15) is 0 Å². The van der Waals surface area contributed by atoms with Crippen molar-refractivity contribution < 1.29 is 8.42 Å². The van der Waals surface area contributed by atoms with Gasteiger partial charge >= 0.3 is 0 Å². The van der Waals surface area contributed by atoms with Crippen molar-refractivity contribution in [3.8, 4) is 0 Å². The molecule has 2 rings (SSSR count). The van der Waals surface area contributed by atoms with Gasteiger partial charge in [0.25, 0.3) is 0 Å². The van der Waals surface area contributed by atoms with E-state index in [0.717, 1.165) is 38.8 Å². The van der Waals surface area contributed by atoms with Crippen LogP contribution in [-0.4, -0.2) is 33.3 Å². The van der Waals surface area contributed by atoms with Crippen LogP contribution < -0.4 is 10.0 Å². The summed E-state index contributed by atoms with van der Waals surface area (Å²) in [6.45, 7) is 4.00. The van der Waals surface area contributed by atoms with E-state index < -0.39 is 10.0 Å². The van der Waals surface area contributed by atoms with E-state index in [1.807, 2.05) is 0 Å². The van der Waals surface area contributed by atoms with Crippen LogP contribution in [-0.2, 0) is 10.0 Å². The Bertz CT molecular complexity index is 323. The summed E-state index contributed by atoms with van der Waals surface area (Å²) in [5, 5.41) is 3.25. The summed E-state index contributed by atoms with van der Waals surface area (Å²) in [4.78, 5) is 0. The standard InChI is InChI=1S/C11H22N2O2S/c1-2-10-6-11(10)13-16(14,15)8-9-4-3-5-12-7-9/h9-13H,2-8H2,1H3. The molecule has 0 spiro atoms. The molecule has 1 saturated heterocycles. The molecule has 0 aromatic rings. The van der Waals surface area contributed by atoms with Crippen LogP contribution in [0.4, 0.5) is 0 Å². The second kappa shape index (κ2) is 5.02. The third-order valence-electron chi connectivity index (χ3n) is 3.63. The molecule has 2 fully saturated rings. The maximum absolute atomic E-state index is 11.9. The highest BCUT2D eigenvalue weighted by Gasteiger charge is 2.38. The Morgan fingerprint density at radius 1 is 1.44 bits per heavy atom. The van der Waals surface area contributed by atoms with E-state index in [4.69, 9.17) is 0 Å². The lowest BCUT2D eigenvalue weighted by molar-refractivity contribution is 0.402. The Hall–Kier alpha value is -0.130. The first-order valence-corrected chi connectivity index (χ1v) is 7.96. The van der Waals surface area contributed by atoms with Gasteiger partial charge in [0, 0.05) is 6.04 Å². The minimum absolute atomic E-state index is 0.228. The Labute approximate surface area is 98.2 Å². The minimum Gasteiger partial charge on any atom is -0.316 e. The molecule has 0 aromatic carbocycles. The quantitative estimate of drug-likeness (QED) is 0.751. The lowest BCUT2D eigenvalue weighted by Crippen LogP contribution is -2.38. The zero-order valence-electron chi connectivity index (χ0n) is 9.91. The normalized spacial score (nSPS) is 34.9. The fourth-order valence-corrected chi connectivity index (χ4v) is 4.25. The molecule has 1 saturated carbocycles. The largest absolute Gasteiger partial charge is 0.316 e. The van der Waals surface area contributed by atoms with Gasteiger partial charge in [0.2, 0.25) is 10.0 Å². The van der Waals surface area contributed by atoms with Crippen LogP contribution in [0, 0.1) is 11.8 Å². The van der Waals surface area contributed by atoms with E-state index in [9.17, 15) is 8.42 Å². The van der Waals surface area contributed by atoms with Crippen molar-refractivity contribution in [3.63, 3.8) is 0 Å². The molecule has 1 aliphatic heterocycles. The second-order valence-corrected chi connectivity index (χ2v) is 6.92. The van der Waals surface area contributed by atoms with Crippen molar-refractivity contribution in [2.24, 2.45) is 11.8 Å².